The van der Waals surface area contributed by atoms with Crippen LogP contribution in [0.1, 0.15) is 10.4 Å². The van der Waals surface area contributed by atoms with Crippen LogP contribution in [0.5, 0.6) is 0 Å². The number of amides is 1. The minimum atomic E-state index is -0.490. The van der Waals surface area contributed by atoms with Gasteiger partial charge in [-0.1, -0.05) is 18.2 Å². The van der Waals surface area contributed by atoms with Gasteiger partial charge >= 0.3 is 0 Å². The van der Waals surface area contributed by atoms with E-state index in [1.807, 2.05) is 0 Å². The summed E-state index contributed by atoms with van der Waals surface area (Å²) in [7, 11) is 0. The molecule has 5 heteroatoms. The number of hydrogen-bond donors (Lipinski definition) is 1. The molecular weight excluding hydrogens is 192 g/mol. The predicted molar refractivity (Wildman–Crippen MR) is 53.8 cm³/mol. The van der Waals surface area contributed by atoms with Crippen LogP contribution in [0.3, 0.4) is 0 Å². The molecule has 0 saturated carbocycles. The highest BCUT2D eigenvalue weighted by Gasteiger charge is 2.09. The zero-order chi connectivity index (χ0) is 10.7. The molecule has 1 aromatic carbocycles. The molecule has 1 amide bonds. The average molecular weight is 200 g/mol. The molecule has 1 aromatic heterocycles. The van der Waals surface area contributed by atoms with E-state index in [1.165, 1.54) is 12.5 Å². The predicted octanol–water partition coefficient (Wildman–Crippen LogP) is 0.637. The number of carbonyl (C=O) groups is 1. The minimum absolute atomic E-state index is 0.416. The smallest absolute Gasteiger partial charge is 0.249 e. The Morgan fingerprint density at radius 2 is 2.07 bits per heavy atom. The SMILES string of the molecule is NC(=O)c1ccccc1-c1cncnn1. The lowest BCUT2D eigenvalue weighted by molar-refractivity contribution is 0.100. The van der Waals surface area contributed by atoms with E-state index in [4.69, 9.17) is 5.73 Å². The highest BCUT2D eigenvalue weighted by molar-refractivity contribution is 5.99. The number of benzene rings is 1. The largest absolute Gasteiger partial charge is 0.366 e. The highest BCUT2D eigenvalue weighted by atomic mass is 16.1. The second-order valence-electron chi connectivity index (χ2n) is 2.90. The molecule has 0 bridgehead atoms. The lowest BCUT2D eigenvalue weighted by Gasteiger charge is -2.03. The molecule has 0 aliphatic carbocycles. The van der Waals surface area contributed by atoms with Crippen molar-refractivity contribution in [1.29, 1.82) is 0 Å². The van der Waals surface area contributed by atoms with E-state index in [0.29, 0.717) is 16.8 Å². The van der Waals surface area contributed by atoms with Gasteiger partial charge in [-0.15, -0.1) is 10.2 Å². The van der Waals surface area contributed by atoms with Crippen molar-refractivity contribution in [3.05, 3.63) is 42.4 Å². The molecule has 0 atom stereocenters. The van der Waals surface area contributed by atoms with Crippen LogP contribution in [0.15, 0.2) is 36.8 Å². The van der Waals surface area contributed by atoms with Gasteiger partial charge in [-0.2, -0.15) is 0 Å². The Morgan fingerprint density at radius 3 is 2.73 bits per heavy atom. The van der Waals surface area contributed by atoms with Crippen molar-refractivity contribution >= 4 is 5.91 Å². The topological polar surface area (TPSA) is 81.8 Å². The standard InChI is InChI=1S/C10H8N4O/c11-10(15)8-4-2-1-3-7(8)9-5-12-6-13-14-9/h1-6H,(H2,11,15). The molecule has 0 aliphatic rings. The summed E-state index contributed by atoms with van der Waals surface area (Å²) in [4.78, 5) is 15.0. The van der Waals surface area contributed by atoms with Crippen LogP contribution in [0, 0.1) is 0 Å². The average Bonchev–Trinajstić information content (AvgIpc) is 2.30. The Labute approximate surface area is 86.0 Å². The normalized spacial score (nSPS) is 9.87. The zero-order valence-corrected chi connectivity index (χ0v) is 7.79. The summed E-state index contributed by atoms with van der Waals surface area (Å²) in [6, 6.07) is 6.95. The molecular formula is C10H8N4O. The molecule has 0 aliphatic heterocycles. The lowest BCUT2D eigenvalue weighted by atomic mass is 10.0. The quantitative estimate of drug-likeness (QED) is 0.771. The maximum absolute atomic E-state index is 11.1. The molecule has 0 unspecified atom stereocenters. The zero-order valence-electron chi connectivity index (χ0n) is 7.79. The summed E-state index contributed by atoms with van der Waals surface area (Å²) in [5.41, 5.74) is 6.84. The second kappa shape index (κ2) is 3.83. The third-order valence-corrected chi connectivity index (χ3v) is 1.95. The molecule has 5 nitrogen and oxygen atoms in total. The van der Waals surface area contributed by atoms with Gasteiger partial charge in [0.25, 0.3) is 0 Å². The van der Waals surface area contributed by atoms with Gasteiger partial charge in [-0.25, -0.2) is 4.98 Å². The summed E-state index contributed by atoms with van der Waals surface area (Å²) >= 11 is 0. The van der Waals surface area contributed by atoms with Crippen LogP contribution < -0.4 is 5.73 Å². The summed E-state index contributed by atoms with van der Waals surface area (Å²) in [6.45, 7) is 0. The fourth-order valence-electron chi connectivity index (χ4n) is 1.29. The van der Waals surface area contributed by atoms with Gasteiger partial charge in [-0.05, 0) is 6.07 Å². The monoisotopic (exact) mass is 200 g/mol. The van der Waals surface area contributed by atoms with Crippen molar-refractivity contribution in [3.63, 3.8) is 0 Å². The first-order valence-electron chi connectivity index (χ1n) is 4.31. The van der Waals surface area contributed by atoms with Gasteiger partial charge in [0.05, 0.1) is 6.20 Å². The van der Waals surface area contributed by atoms with E-state index in [2.05, 4.69) is 15.2 Å². The van der Waals surface area contributed by atoms with Crippen LogP contribution >= 0.6 is 0 Å². The van der Waals surface area contributed by atoms with Crippen LogP contribution in [0.2, 0.25) is 0 Å². The Balaban J connectivity index is 2.58. The van der Waals surface area contributed by atoms with Crippen molar-refractivity contribution in [2.75, 3.05) is 0 Å². The van der Waals surface area contributed by atoms with Crippen molar-refractivity contribution < 1.29 is 4.79 Å². The first-order chi connectivity index (χ1) is 7.29. The third kappa shape index (κ3) is 1.80. The number of nitrogens with zero attached hydrogens (tertiary/aromatic N) is 3. The molecule has 0 radical (unpaired) electrons. The van der Waals surface area contributed by atoms with Crippen molar-refractivity contribution in [1.82, 2.24) is 15.2 Å². The maximum atomic E-state index is 11.1. The summed E-state index contributed by atoms with van der Waals surface area (Å²) in [5, 5.41) is 7.52. The molecule has 2 rings (SSSR count). The van der Waals surface area contributed by atoms with Gasteiger partial charge in [0, 0.05) is 11.1 Å². The molecule has 0 saturated heterocycles. The number of primary amides is 1. The minimum Gasteiger partial charge on any atom is -0.366 e. The van der Waals surface area contributed by atoms with Gasteiger partial charge < -0.3 is 5.73 Å². The molecule has 2 N–H and O–H groups in total. The second-order valence-corrected chi connectivity index (χ2v) is 2.90. The number of aromatic nitrogens is 3. The number of carbonyl (C=O) groups excluding carboxylic acids is 1. The van der Waals surface area contributed by atoms with E-state index in [9.17, 15) is 4.79 Å². The summed E-state index contributed by atoms with van der Waals surface area (Å²) in [6.07, 6.45) is 2.87. The fraction of sp³-hybridized carbons (Fsp3) is 0. The lowest BCUT2D eigenvalue weighted by Crippen LogP contribution is -2.12. The number of nitrogens with two attached hydrogens (primary N) is 1. The molecule has 74 valence electrons. The fourth-order valence-corrected chi connectivity index (χ4v) is 1.29. The van der Waals surface area contributed by atoms with Gasteiger partial charge in [0.15, 0.2) is 0 Å². The summed E-state index contributed by atoms with van der Waals surface area (Å²) in [5.74, 6) is -0.490. The molecule has 2 aromatic rings. The third-order valence-electron chi connectivity index (χ3n) is 1.95. The molecule has 0 fully saturated rings. The first kappa shape index (κ1) is 9.26. The Hall–Kier alpha value is -2.30. The Kier molecular flexibility index (Phi) is 2.37. The first-order valence-corrected chi connectivity index (χ1v) is 4.31. The molecule has 15 heavy (non-hydrogen) atoms. The van der Waals surface area contributed by atoms with Gasteiger partial charge in [-0.3, -0.25) is 4.79 Å². The van der Waals surface area contributed by atoms with Crippen LogP contribution in [0.4, 0.5) is 0 Å². The summed E-state index contributed by atoms with van der Waals surface area (Å²) < 4.78 is 0. The molecule has 1 heterocycles. The van der Waals surface area contributed by atoms with Crippen LogP contribution in [-0.2, 0) is 0 Å². The van der Waals surface area contributed by atoms with Crippen molar-refractivity contribution in [2.24, 2.45) is 5.73 Å². The van der Waals surface area contributed by atoms with Crippen molar-refractivity contribution in [3.8, 4) is 11.3 Å². The van der Waals surface area contributed by atoms with E-state index in [-0.39, 0.29) is 0 Å². The van der Waals surface area contributed by atoms with E-state index >= 15 is 0 Å². The van der Waals surface area contributed by atoms with Gasteiger partial charge in [0.1, 0.15) is 12.0 Å². The maximum Gasteiger partial charge on any atom is 0.249 e. The Bertz CT molecular complexity index is 484. The number of hydrogen-bond acceptors (Lipinski definition) is 4. The number of rotatable bonds is 2. The Morgan fingerprint density at radius 1 is 1.27 bits per heavy atom. The van der Waals surface area contributed by atoms with E-state index in [0.717, 1.165) is 0 Å². The van der Waals surface area contributed by atoms with Crippen LogP contribution in [-0.4, -0.2) is 21.1 Å². The highest BCUT2D eigenvalue weighted by Crippen LogP contribution is 2.19. The van der Waals surface area contributed by atoms with Crippen LogP contribution in [0.25, 0.3) is 11.3 Å². The molecule has 0 spiro atoms. The van der Waals surface area contributed by atoms with E-state index in [1.54, 1.807) is 24.3 Å². The van der Waals surface area contributed by atoms with Crippen molar-refractivity contribution in [2.45, 2.75) is 0 Å². The van der Waals surface area contributed by atoms with E-state index < -0.39 is 5.91 Å². The van der Waals surface area contributed by atoms with Gasteiger partial charge in [0.2, 0.25) is 5.91 Å².